The monoisotopic (exact) mass is 334 g/mol. The summed E-state index contributed by atoms with van der Waals surface area (Å²) in [7, 11) is 0. The standard InChI is InChI=1S/C21H22N2O2/c1-13-6-16(22)10-19(8-13)24-18-5-4-15(3)21(12-18)25-20-9-14(2)7-17(23)11-20/h4-12H,22-23H2,1-3H3. The Bertz CT molecular complexity index is 879. The summed E-state index contributed by atoms with van der Waals surface area (Å²) in [6.07, 6.45) is 0. The number of hydrogen-bond donors (Lipinski definition) is 2. The number of ether oxygens (including phenoxy) is 2. The van der Waals surface area contributed by atoms with E-state index in [-0.39, 0.29) is 0 Å². The molecule has 0 bridgehead atoms. The van der Waals surface area contributed by atoms with Crippen LogP contribution in [0.1, 0.15) is 16.7 Å². The maximum atomic E-state index is 6.01. The van der Waals surface area contributed by atoms with Crippen LogP contribution in [0.2, 0.25) is 0 Å². The van der Waals surface area contributed by atoms with Crippen LogP contribution in [0.3, 0.4) is 0 Å². The molecule has 4 N–H and O–H groups in total. The number of nitrogen functional groups attached to an aromatic ring is 2. The second-order valence-electron chi connectivity index (χ2n) is 6.29. The smallest absolute Gasteiger partial charge is 0.134 e. The van der Waals surface area contributed by atoms with E-state index in [0.29, 0.717) is 28.6 Å². The summed E-state index contributed by atoms with van der Waals surface area (Å²) < 4.78 is 11.9. The largest absolute Gasteiger partial charge is 0.457 e. The molecule has 0 fully saturated rings. The fourth-order valence-electron chi connectivity index (χ4n) is 2.69. The van der Waals surface area contributed by atoms with Crippen LogP contribution in [0.4, 0.5) is 11.4 Å². The van der Waals surface area contributed by atoms with Gasteiger partial charge in [0.2, 0.25) is 0 Å². The lowest BCUT2D eigenvalue weighted by molar-refractivity contribution is 0.458. The highest BCUT2D eigenvalue weighted by Gasteiger charge is 2.07. The van der Waals surface area contributed by atoms with Gasteiger partial charge in [-0.3, -0.25) is 0 Å². The summed E-state index contributed by atoms with van der Waals surface area (Å²) >= 11 is 0. The third-order valence-corrected chi connectivity index (χ3v) is 3.77. The molecule has 0 radical (unpaired) electrons. The van der Waals surface area contributed by atoms with E-state index in [2.05, 4.69) is 0 Å². The van der Waals surface area contributed by atoms with Crippen molar-refractivity contribution in [3.05, 3.63) is 71.3 Å². The Hall–Kier alpha value is -3.14. The van der Waals surface area contributed by atoms with Crippen molar-refractivity contribution in [2.24, 2.45) is 0 Å². The summed E-state index contributed by atoms with van der Waals surface area (Å²) in [6, 6.07) is 17.0. The van der Waals surface area contributed by atoms with E-state index in [1.54, 1.807) is 12.1 Å². The van der Waals surface area contributed by atoms with Crippen molar-refractivity contribution in [1.82, 2.24) is 0 Å². The molecule has 0 amide bonds. The second-order valence-corrected chi connectivity index (χ2v) is 6.29. The van der Waals surface area contributed by atoms with Crippen LogP contribution in [0, 0.1) is 20.8 Å². The average molecular weight is 334 g/mol. The van der Waals surface area contributed by atoms with Gasteiger partial charge in [0.15, 0.2) is 0 Å². The molecule has 0 saturated carbocycles. The molecule has 4 heteroatoms. The molecule has 0 saturated heterocycles. The maximum absolute atomic E-state index is 6.01. The van der Waals surface area contributed by atoms with E-state index >= 15 is 0 Å². The minimum atomic E-state index is 0.675. The number of nitrogens with two attached hydrogens (primary N) is 2. The first-order chi connectivity index (χ1) is 11.9. The summed E-state index contributed by atoms with van der Waals surface area (Å²) in [5, 5.41) is 0. The first-order valence-electron chi connectivity index (χ1n) is 8.10. The Balaban J connectivity index is 1.87. The Morgan fingerprint density at radius 2 is 1.16 bits per heavy atom. The van der Waals surface area contributed by atoms with Gasteiger partial charge in [-0.1, -0.05) is 6.07 Å². The number of anilines is 2. The Morgan fingerprint density at radius 1 is 0.600 bits per heavy atom. The molecular formula is C21H22N2O2. The molecular weight excluding hydrogens is 312 g/mol. The molecule has 0 aliphatic heterocycles. The van der Waals surface area contributed by atoms with Crippen molar-refractivity contribution in [3.63, 3.8) is 0 Å². The van der Waals surface area contributed by atoms with Gasteiger partial charge in [-0.25, -0.2) is 0 Å². The van der Waals surface area contributed by atoms with Crippen molar-refractivity contribution < 1.29 is 9.47 Å². The van der Waals surface area contributed by atoms with Gasteiger partial charge in [0.25, 0.3) is 0 Å². The number of aryl methyl sites for hydroxylation is 3. The van der Waals surface area contributed by atoms with Crippen LogP contribution in [0.5, 0.6) is 23.0 Å². The normalized spacial score (nSPS) is 10.5. The quantitative estimate of drug-likeness (QED) is 0.630. The molecule has 4 nitrogen and oxygen atoms in total. The van der Waals surface area contributed by atoms with Gasteiger partial charge < -0.3 is 20.9 Å². The van der Waals surface area contributed by atoms with Crippen LogP contribution in [0.25, 0.3) is 0 Å². The third-order valence-electron chi connectivity index (χ3n) is 3.77. The maximum Gasteiger partial charge on any atom is 0.134 e. The van der Waals surface area contributed by atoms with Gasteiger partial charge in [-0.15, -0.1) is 0 Å². The van der Waals surface area contributed by atoms with Crippen LogP contribution < -0.4 is 20.9 Å². The SMILES string of the molecule is Cc1cc(N)cc(Oc2ccc(C)c(Oc3cc(C)cc(N)c3)c2)c1. The molecule has 3 aromatic rings. The lowest BCUT2D eigenvalue weighted by Gasteiger charge is -2.13. The summed E-state index contributed by atoms with van der Waals surface area (Å²) in [5.74, 6) is 2.82. The average Bonchev–Trinajstić information content (AvgIpc) is 2.48. The summed E-state index contributed by atoms with van der Waals surface area (Å²) in [4.78, 5) is 0. The van der Waals surface area contributed by atoms with Gasteiger partial charge in [0.05, 0.1) is 0 Å². The minimum Gasteiger partial charge on any atom is -0.457 e. The Labute approximate surface area is 148 Å². The van der Waals surface area contributed by atoms with E-state index in [1.165, 1.54) is 0 Å². The zero-order chi connectivity index (χ0) is 18.0. The van der Waals surface area contributed by atoms with Crippen molar-refractivity contribution >= 4 is 11.4 Å². The molecule has 3 aromatic carbocycles. The molecule has 0 aliphatic carbocycles. The van der Waals surface area contributed by atoms with E-state index in [4.69, 9.17) is 20.9 Å². The molecule has 25 heavy (non-hydrogen) atoms. The topological polar surface area (TPSA) is 70.5 Å². The van der Waals surface area contributed by atoms with Gasteiger partial charge in [0, 0.05) is 29.6 Å². The van der Waals surface area contributed by atoms with Crippen molar-refractivity contribution in [1.29, 1.82) is 0 Å². The highest BCUT2D eigenvalue weighted by molar-refractivity contribution is 5.51. The first kappa shape index (κ1) is 16.7. The van der Waals surface area contributed by atoms with Crippen LogP contribution in [0.15, 0.2) is 54.6 Å². The van der Waals surface area contributed by atoms with E-state index in [1.807, 2.05) is 63.2 Å². The van der Waals surface area contributed by atoms with Crippen LogP contribution in [-0.4, -0.2) is 0 Å². The summed E-state index contributed by atoms with van der Waals surface area (Å²) in [6.45, 7) is 5.95. The zero-order valence-corrected chi connectivity index (χ0v) is 14.7. The van der Waals surface area contributed by atoms with Gasteiger partial charge >= 0.3 is 0 Å². The van der Waals surface area contributed by atoms with Crippen LogP contribution >= 0.6 is 0 Å². The zero-order valence-electron chi connectivity index (χ0n) is 14.7. The number of benzene rings is 3. The highest BCUT2D eigenvalue weighted by Crippen LogP contribution is 2.33. The minimum absolute atomic E-state index is 0.675. The first-order valence-corrected chi connectivity index (χ1v) is 8.10. The predicted octanol–water partition coefficient (Wildman–Crippen LogP) is 5.36. The van der Waals surface area contributed by atoms with Gasteiger partial charge in [0.1, 0.15) is 23.0 Å². The van der Waals surface area contributed by atoms with Gasteiger partial charge in [-0.05, 0) is 67.8 Å². The van der Waals surface area contributed by atoms with E-state index < -0.39 is 0 Å². The van der Waals surface area contributed by atoms with Crippen molar-refractivity contribution in [2.75, 3.05) is 11.5 Å². The number of hydrogen-bond acceptors (Lipinski definition) is 4. The molecule has 3 rings (SSSR count). The Morgan fingerprint density at radius 3 is 1.72 bits per heavy atom. The third kappa shape index (κ3) is 4.23. The highest BCUT2D eigenvalue weighted by atomic mass is 16.5. The van der Waals surface area contributed by atoms with E-state index in [0.717, 1.165) is 22.4 Å². The molecule has 0 unspecified atom stereocenters. The Kier molecular flexibility index (Phi) is 4.52. The fourth-order valence-corrected chi connectivity index (χ4v) is 2.69. The van der Waals surface area contributed by atoms with E-state index in [9.17, 15) is 0 Å². The van der Waals surface area contributed by atoms with Gasteiger partial charge in [-0.2, -0.15) is 0 Å². The fraction of sp³-hybridized carbons (Fsp3) is 0.143. The predicted molar refractivity (Wildman–Crippen MR) is 103 cm³/mol. The van der Waals surface area contributed by atoms with Crippen molar-refractivity contribution in [2.45, 2.75) is 20.8 Å². The lowest BCUT2D eigenvalue weighted by Crippen LogP contribution is -1.93. The molecule has 0 aliphatic rings. The molecule has 0 aromatic heterocycles. The summed E-state index contributed by atoms with van der Waals surface area (Å²) in [5.41, 5.74) is 16.2. The van der Waals surface area contributed by atoms with Crippen molar-refractivity contribution in [3.8, 4) is 23.0 Å². The lowest BCUT2D eigenvalue weighted by atomic mass is 10.2. The molecule has 128 valence electrons. The molecule has 0 heterocycles. The molecule has 0 atom stereocenters. The number of rotatable bonds is 4. The van der Waals surface area contributed by atoms with Crippen LogP contribution in [-0.2, 0) is 0 Å². The second kappa shape index (κ2) is 6.77. The molecule has 0 spiro atoms.